The van der Waals surface area contributed by atoms with E-state index in [-0.39, 0.29) is 18.4 Å². The molecular formula is C19H21N9O. The number of hydrogen-bond donors (Lipinski definition) is 1. The summed E-state index contributed by atoms with van der Waals surface area (Å²) in [5.41, 5.74) is 2.50. The van der Waals surface area contributed by atoms with E-state index in [9.17, 15) is 4.79 Å². The van der Waals surface area contributed by atoms with E-state index in [1.165, 1.54) is 0 Å². The fourth-order valence-corrected chi connectivity index (χ4v) is 3.42. The lowest BCUT2D eigenvalue weighted by Gasteiger charge is -2.31. The predicted molar refractivity (Wildman–Crippen MR) is 105 cm³/mol. The van der Waals surface area contributed by atoms with Gasteiger partial charge in [0.2, 0.25) is 11.9 Å². The van der Waals surface area contributed by atoms with Gasteiger partial charge in [-0.2, -0.15) is 15.5 Å². The topological polar surface area (TPSA) is 118 Å². The van der Waals surface area contributed by atoms with Crippen molar-refractivity contribution < 1.29 is 4.79 Å². The Bertz CT molecular complexity index is 1040. The molecule has 4 rings (SSSR count). The van der Waals surface area contributed by atoms with Crippen LogP contribution in [0.25, 0.3) is 11.3 Å². The van der Waals surface area contributed by atoms with E-state index in [0.717, 1.165) is 29.8 Å². The van der Waals surface area contributed by atoms with Crippen LogP contribution in [0.5, 0.6) is 0 Å². The third kappa shape index (κ3) is 4.24. The van der Waals surface area contributed by atoms with Crippen LogP contribution in [0.1, 0.15) is 25.3 Å². The second-order valence-electron chi connectivity index (χ2n) is 6.95. The quantitative estimate of drug-likeness (QED) is 0.706. The fraction of sp³-hybridized carbons (Fsp3) is 0.368. The lowest BCUT2D eigenvalue weighted by molar-refractivity contribution is -0.131. The highest BCUT2D eigenvalue weighted by molar-refractivity contribution is 5.78. The maximum atomic E-state index is 11.9. The summed E-state index contributed by atoms with van der Waals surface area (Å²) in [5, 5.41) is 20.4. The highest BCUT2D eigenvalue weighted by atomic mass is 16.2. The number of aromatic nitrogens is 6. The van der Waals surface area contributed by atoms with Gasteiger partial charge in [0.15, 0.2) is 0 Å². The first-order valence-electron chi connectivity index (χ1n) is 9.40. The van der Waals surface area contributed by atoms with Crippen molar-refractivity contribution >= 4 is 17.5 Å². The van der Waals surface area contributed by atoms with Crippen molar-refractivity contribution in [2.24, 2.45) is 7.05 Å². The van der Waals surface area contributed by atoms with Crippen molar-refractivity contribution in [3.05, 3.63) is 37.1 Å². The maximum absolute atomic E-state index is 11.9. The Kier molecular flexibility index (Phi) is 5.20. The van der Waals surface area contributed by atoms with E-state index in [0.29, 0.717) is 19.0 Å². The number of amides is 1. The molecule has 29 heavy (non-hydrogen) atoms. The van der Waals surface area contributed by atoms with Gasteiger partial charge in [0.25, 0.3) is 0 Å². The number of nitrogens with one attached hydrogen (secondary N) is 1. The lowest BCUT2D eigenvalue weighted by atomic mass is 10.0. The van der Waals surface area contributed by atoms with E-state index < -0.39 is 0 Å². The first-order valence-corrected chi connectivity index (χ1v) is 9.40. The minimum atomic E-state index is -0.0956. The van der Waals surface area contributed by atoms with Crippen LogP contribution in [0.4, 0.5) is 11.6 Å². The SMILES string of the molecule is Cn1cc(Nc2nccc(-c3cnn(C4CCN(C(=O)CC#N)CC4)c3)n2)cn1. The summed E-state index contributed by atoms with van der Waals surface area (Å²) in [7, 11) is 1.85. The molecule has 1 aliphatic heterocycles. The molecule has 0 unspecified atom stereocenters. The molecule has 1 fully saturated rings. The van der Waals surface area contributed by atoms with Crippen LogP contribution in [0, 0.1) is 11.3 Å². The number of nitriles is 1. The zero-order valence-electron chi connectivity index (χ0n) is 16.1. The number of likely N-dealkylation sites (tertiary alicyclic amines) is 1. The molecule has 4 heterocycles. The average molecular weight is 391 g/mol. The Morgan fingerprint density at radius 3 is 2.83 bits per heavy atom. The van der Waals surface area contributed by atoms with Gasteiger partial charge >= 0.3 is 0 Å². The molecule has 0 bridgehead atoms. The molecule has 148 valence electrons. The van der Waals surface area contributed by atoms with Crippen LogP contribution >= 0.6 is 0 Å². The van der Waals surface area contributed by atoms with Gasteiger partial charge in [-0.05, 0) is 18.9 Å². The number of anilines is 2. The second-order valence-corrected chi connectivity index (χ2v) is 6.95. The normalized spacial score (nSPS) is 14.6. The van der Waals surface area contributed by atoms with Gasteiger partial charge in [0, 0.05) is 44.3 Å². The molecule has 10 heteroatoms. The molecule has 10 nitrogen and oxygen atoms in total. The van der Waals surface area contributed by atoms with E-state index in [1.54, 1.807) is 28.2 Å². The van der Waals surface area contributed by atoms with Crippen molar-refractivity contribution in [3.63, 3.8) is 0 Å². The molecule has 3 aromatic rings. The van der Waals surface area contributed by atoms with Crippen LogP contribution in [0.3, 0.4) is 0 Å². The summed E-state index contributed by atoms with van der Waals surface area (Å²) in [5.74, 6) is 0.397. The van der Waals surface area contributed by atoms with Crippen molar-refractivity contribution in [2.45, 2.75) is 25.3 Å². The minimum Gasteiger partial charge on any atom is -0.342 e. The summed E-state index contributed by atoms with van der Waals surface area (Å²) >= 11 is 0. The molecule has 1 N–H and O–H groups in total. The zero-order valence-corrected chi connectivity index (χ0v) is 16.1. The monoisotopic (exact) mass is 391 g/mol. The van der Waals surface area contributed by atoms with Gasteiger partial charge < -0.3 is 10.2 Å². The molecule has 0 atom stereocenters. The summed E-state index contributed by atoms with van der Waals surface area (Å²) in [6.07, 6.45) is 10.6. The van der Waals surface area contributed by atoms with Crippen molar-refractivity contribution in [1.29, 1.82) is 5.26 Å². The third-order valence-electron chi connectivity index (χ3n) is 4.94. The largest absolute Gasteiger partial charge is 0.342 e. The predicted octanol–water partition coefficient (Wildman–Crippen LogP) is 1.89. The Labute approximate surface area is 167 Å². The van der Waals surface area contributed by atoms with Gasteiger partial charge in [-0.15, -0.1) is 0 Å². The molecule has 0 aliphatic carbocycles. The van der Waals surface area contributed by atoms with Gasteiger partial charge in [0.05, 0.1) is 35.9 Å². The molecular weight excluding hydrogens is 370 g/mol. The van der Waals surface area contributed by atoms with Crippen LogP contribution in [0.2, 0.25) is 0 Å². The summed E-state index contributed by atoms with van der Waals surface area (Å²) < 4.78 is 3.65. The minimum absolute atomic E-state index is 0.0558. The first-order chi connectivity index (χ1) is 14.1. The summed E-state index contributed by atoms with van der Waals surface area (Å²) in [6.45, 7) is 1.29. The molecule has 0 spiro atoms. The van der Waals surface area contributed by atoms with Crippen molar-refractivity contribution in [1.82, 2.24) is 34.4 Å². The van der Waals surface area contributed by atoms with Gasteiger partial charge in [-0.1, -0.05) is 0 Å². The number of rotatable bonds is 5. The van der Waals surface area contributed by atoms with E-state index in [1.807, 2.05) is 36.3 Å². The van der Waals surface area contributed by atoms with E-state index in [2.05, 4.69) is 25.5 Å². The Hall–Kier alpha value is -3.74. The average Bonchev–Trinajstić information content (AvgIpc) is 3.38. The molecule has 1 amide bonds. The van der Waals surface area contributed by atoms with Gasteiger partial charge in [0.1, 0.15) is 6.42 Å². The lowest BCUT2D eigenvalue weighted by Crippen LogP contribution is -2.38. The highest BCUT2D eigenvalue weighted by Gasteiger charge is 2.24. The zero-order chi connectivity index (χ0) is 20.2. The van der Waals surface area contributed by atoms with Crippen molar-refractivity contribution in [3.8, 4) is 17.3 Å². The molecule has 0 aromatic carbocycles. The summed E-state index contributed by atoms with van der Waals surface area (Å²) in [6, 6.07) is 3.99. The van der Waals surface area contributed by atoms with Crippen LogP contribution in [0.15, 0.2) is 37.1 Å². The smallest absolute Gasteiger partial charge is 0.236 e. The van der Waals surface area contributed by atoms with Crippen molar-refractivity contribution in [2.75, 3.05) is 18.4 Å². The van der Waals surface area contributed by atoms with E-state index >= 15 is 0 Å². The molecule has 3 aromatic heterocycles. The number of aryl methyl sites for hydroxylation is 1. The number of hydrogen-bond acceptors (Lipinski definition) is 7. The molecule has 1 aliphatic rings. The van der Waals surface area contributed by atoms with Crippen LogP contribution in [-0.2, 0) is 11.8 Å². The second kappa shape index (κ2) is 8.10. The standard InChI is InChI=1S/C19H21N9O/c1-26-13-15(11-22-26)24-19-21-7-3-17(25-19)14-10-23-28(12-14)16-4-8-27(9-5-16)18(29)2-6-20/h3,7,10-13,16H,2,4-5,8-9H2,1H3,(H,21,24,25). The Balaban J connectivity index is 1.42. The number of nitrogens with zero attached hydrogens (tertiary/aromatic N) is 8. The maximum Gasteiger partial charge on any atom is 0.236 e. The Morgan fingerprint density at radius 2 is 2.10 bits per heavy atom. The summed E-state index contributed by atoms with van der Waals surface area (Å²) in [4.78, 5) is 22.4. The fourth-order valence-electron chi connectivity index (χ4n) is 3.42. The van der Waals surface area contributed by atoms with Gasteiger partial charge in [-0.3, -0.25) is 14.2 Å². The molecule has 1 saturated heterocycles. The Morgan fingerprint density at radius 1 is 1.28 bits per heavy atom. The van der Waals surface area contributed by atoms with E-state index in [4.69, 9.17) is 5.26 Å². The molecule has 0 radical (unpaired) electrons. The number of carbonyl (C=O) groups excluding carboxylic acids is 1. The number of piperidine rings is 1. The third-order valence-corrected chi connectivity index (χ3v) is 4.94. The van der Waals surface area contributed by atoms with Crippen LogP contribution < -0.4 is 5.32 Å². The number of carbonyl (C=O) groups is 1. The first kappa shape index (κ1) is 18.6. The van der Waals surface area contributed by atoms with Gasteiger partial charge in [-0.25, -0.2) is 9.97 Å². The molecule has 0 saturated carbocycles. The van der Waals surface area contributed by atoms with Crippen LogP contribution in [-0.4, -0.2) is 53.4 Å². The highest BCUT2D eigenvalue weighted by Crippen LogP contribution is 2.25.